The highest BCUT2D eigenvalue weighted by Crippen LogP contribution is 2.29. The monoisotopic (exact) mass is 386 g/mol. The van der Waals surface area contributed by atoms with Crippen LogP contribution in [0.5, 0.6) is 0 Å². The highest BCUT2D eigenvalue weighted by molar-refractivity contribution is 6.03. The third-order valence-electron chi connectivity index (χ3n) is 3.91. The minimum atomic E-state index is -4.60. The second-order valence-electron chi connectivity index (χ2n) is 6.06. The van der Waals surface area contributed by atoms with Crippen LogP contribution in [-0.4, -0.2) is 37.9 Å². The highest BCUT2D eigenvalue weighted by atomic mass is 19.4. The van der Waals surface area contributed by atoms with Crippen molar-refractivity contribution in [2.75, 3.05) is 11.9 Å². The van der Waals surface area contributed by atoms with Gasteiger partial charge in [-0.25, -0.2) is 0 Å². The average Bonchev–Trinajstić information content (AvgIpc) is 3.14. The first kappa shape index (κ1) is 20.5. The molecule has 1 unspecified atom stereocenters. The van der Waals surface area contributed by atoms with Crippen LogP contribution in [0.4, 0.5) is 18.9 Å². The molecule has 1 atom stereocenters. The first-order chi connectivity index (χ1) is 12.6. The predicted molar refractivity (Wildman–Crippen MR) is 91.1 cm³/mol. The molecule has 8 nitrogen and oxygen atoms in total. The van der Waals surface area contributed by atoms with Crippen molar-refractivity contribution in [3.05, 3.63) is 29.3 Å². The van der Waals surface area contributed by atoms with Gasteiger partial charge in [-0.15, -0.1) is 0 Å². The fourth-order valence-corrected chi connectivity index (χ4v) is 2.49. The third-order valence-corrected chi connectivity index (χ3v) is 3.91. The van der Waals surface area contributed by atoms with Gasteiger partial charge in [0, 0.05) is 19.3 Å². The van der Waals surface area contributed by atoms with Crippen LogP contribution in [0.3, 0.4) is 0 Å². The maximum absolute atomic E-state index is 12.8. The number of hydrogen-bond acceptors (Lipinski definition) is 4. The zero-order valence-corrected chi connectivity index (χ0v) is 15.4. The summed E-state index contributed by atoms with van der Waals surface area (Å²) in [5.41, 5.74) is -0.557. The van der Waals surface area contributed by atoms with E-state index in [1.165, 1.54) is 24.7 Å². The lowest BCUT2D eigenvalue weighted by molar-refractivity contribution is -0.141. The number of nitrogens with zero attached hydrogens (tertiary/aromatic N) is 4. The molecule has 0 radical (unpaired) electrons. The molecule has 0 aromatic carbocycles. The molecular formula is C16H21F3N6O2. The topological polar surface area (TPSA) is 93.8 Å². The Kier molecular flexibility index (Phi) is 5.91. The summed E-state index contributed by atoms with van der Waals surface area (Å²) in [5.74, 6) is -1.03. The first-order valence-electron chi connectivity index (χ1n) is 8.30. The highest BCUT2D eigenvalue weighted by Gasteiger charge is 2.35. The van der Waals surface area contributed by atoms with Gasteiger partial charge in [0.15, 0.2) is 5.69 Å². The van der Waals surface area contributed by atoms with Gasteiger partial charge in [-0.1, -0.05) is 6.92 Å². The lowest BCUT2D eigenvalue weighted by Crippen LogP contribution is -2.29. The number of hydrogen-bond donors (Lipinski definition) is 2. The molecule has 2 rings (SSSR count). The normalized spacial score (nSPS) is 12.7. The molecule has 2 aromatic heterocycles. The molecule has 0 aliphatic heterocycles. The van der Waals surface area contributed by atoms with Crippen LogP contribution in [0.15, 0.2) is 12.3 Å². The zero-order chi connectivity index (χ0) is 20.4. The quantitative estimate of drug-likeness (QED) is 0.797. The van der Waals surface area contributed by atoms with Crippen LogP contribution in [0, 0.1) is 6.92 Å². The van der Waals surface area contributed by atoms with Crippen molar-refractivity contribution in [2.45, 2.75) is 39.4 Å². The van der Waals surface area contributed by atoms with Crippen LogP contribution in [0.1, 0.15) is 48.2 Å². The van der Waals surface area contributed by atoms with E-state index in [-0.39, 0.29) is 17.1 Å². The van der Waals surface area contributed by atoms with Gasteiger partial charge in [-0.05, 0) is 26.3 Å². The minimum Gasteiger partial charge on any atom is -0.351 e. The molecule has 0 aliphatic rings. The molecule has 148 valence electrons. The Morgan fingerprint density at radius 3 is 2.56 bits per heavy atom. The molecule has 27 heavy (non-hydrogen) atoms. The van der Waals surface area contributed by atoms with Gasteiger partial charge in [-0.2, -0.15) is 23.4 Å². The Morgan fingerprint density at radius 1 is 1.33 bits per heavy atom. The van der Waals surface area contributed by atoms with Crippen LogP contribution in [0.25, 0.3) is 0 Å². The molecule has 0 saturated heterocycles. The Hall–Kier alpha value is -2.85. The summed E-state index contributed by atoms with van der Waals surface area (Å²) in [4.78, 5) is 24.7. The van der Waals surface area contributed by atoms with E-state index in [9.17, 15) is 22.8 Å². The van der Waals surface area contributed by atoms with E-state index in [1.807, 2.05) is 6.92 Å². The maximum atomic E-state index is 12.8. The lowest BCUT2D eigenvalue weighted by Gasteiger charge is -2.15. The van der Waals surface area contributed by atoms with Gasteiger partial charge in [0.2, 0.25) is 5.91 Å². The van der Waals surface area contributed by atoms with Crippen molar-refractivity contribution in [3.63, 3.8) is 0 Å². The Morgan fingerprint density at radius 2 is 2.00 bits per heavy atom. The SMILES string of the molecule is CCCNC(=O)c1c(NC(=O)C(C)n2nc(C(F)(F)F)cc2C)cnn1C. The van der Waals surface area contributed by atoms with Gasteiger partial charge < -0.3 is 10.6 Å². The smallest absolute Gasteiger partial charge is 0.351 e. The van der Waals surface area contributed by atoms with E-state index in [2.05, 4.69) is 20.8 Å². The number of halogens is 3. The van der Waals surface area contributed by atoms with Crippen molar-refractivity contribution in [1.82, 2.24) is 24.9 Å². The number of amides is 2. The summed E-state index contributed by atoms with van der Waals surface area (Å²) in [6, 6.07) is -0.148. The number of carbonyl (C=O) groups is 2. The Labute approximate surface area is 153 Å². The Balaban J connectivity index is 2.21. The first-order valence-corrected chi connectivity index (χ1v) is 8.30. The second-order valence-corrected chi connectivity index (χ2v) is 6.06. The van der Waals surface area contributed by atoms with Crippen molar-refractivity contribution < 1.29 is 22.8 Å². The fraction of sp³-hybridized carbons (Fsp3) is 0.500. The largest absolute Gasteiger partial charge is 0.435 e. The number of alkyl halides is 3. The fourth-order valence-electron chi connectivity index (χ4n) is 2.49. The minimum absolute atomic E-state index is 0.150. The van der Waals surface area contributed by atoms with E-state index >= 15 is 0 Å². The number of rotatable bonds is 6. The molecule has 2 amide bonds. The third kappa shape index (κ3) is 4.47. The van der Waals surface area contributed by atoms with Crippen molar-refractivity contribution >= 4 is 17.5 Å². The van der Waals surface area contributed by atoms with E-state index < -0.39 is 29.7 Å². The van der Waals surface area contributed by atoms with Gasteiger partial charge >= 0.3 is 6.18 Å². The number of anilines is 1. The molecular weight excluding hydrogens is 365 g/mol. The van der Waals surface area contributed by atoms with E-state index in [0.29, 0.717) is 6.54 Å². The molecule has 2 N–H and O–H groups in total. The van der Waals surface area contributed by atoms with Gasteiger partial charge in [0.25, 0.3) is 5.91 Å². The van der Waals surface area contributed by atoms with E-state index in [1.54, 1.807) is 7.05 Å². The Bertz CT molecular complexity index is 840. The standard InChI is InChI=1S/C16H21F3N6O2/c1-5-6-20-15(27)13-11(8-21-24(13)4)22-14(26)10(3)25-9(2)7-12(23-25)16(17,18)19/h7-8,10H,5-6H2,1-4H3,(H,20,27)(H,22,26). The number of carbonyl (C=O) groups excluding carboxylic acids is 2. The molecule has 0 spiro atoms. The van der Waals surface area contributed by atoms with Gasteiger partial charge in [-0.3, -0.25) is 19.0 Å². The number of nitrogens with one attached hydrogen (secondary N) is 2. The van der Waals surface area contributed by atoms with Crippen LogP contribution < -0.4 is 10.6 Å². The summed E-state index contributed by atoms with van der Waals surface area (Å²) in [7, 11) is 1.55. The molecule has 2 aromatic rings. The van der Waals surface area contributed by atoms with Crippen molar-refractivity contribution in [1.29, 1.82) is 0 Å². The van der Waals surface area contributed by atoms with E-state index in [0.717, 1.165) is 17.2 Å². The molecule has 0 aliphatic carbocycles. The summed E-state index contributed by atoms with van der Waals surface area (Å²) in [6.45, 7) is 5.21. The zero-order valence-electron chi connectivity index (χ0n) is 15.4. The van der Waals surface area contributed by atoms with Crippen LogP contribution >= 0.6 is 0 Å². The average molecular weight is 386 g/mol. The molecule has 0 fully saturated rings. The molecule has 11 heteroatoms. The van der Waals surface area contributed by atoms with Gasteiger partial charge in [0.05, 0.1) is 11.9 Å². The van der Waals surface area contributed by atoms with Crippen molar-refractivity contribution in [3.8, 4) is 0 Å². The van der Waals surface area contributed by atoms with Crippen LogP contribution in [-0.2, 0) is 18.0 Å². The summed E-state index contributed by atoms with van der Waals surface area (Å²) < 4.78 is 40.7. The summed E-state index contributed by atoms with van der Waals surface area (Å²) >= 11 is 0. The molecule has 0 saturated carbocycles. The summed E-state index contributed by atoms with van der Waals surface area (Å²) in [6.07, 6.45) is -2.55. The van der Waals surface area contributed by atoms with Crippen molar-refractivity contribution in [2.24, 2.45) is 7.05 Å². The maximum Gasteiger partial charge on any atom is 0.435 e. The summed E-state index contributed by atoms with van der Waals surface area (Å²) in [5, 5.41) is 12.7. The lowest BCUT2D eigenvalue weighted by atomic mass is 10.2. The van der Waals surface area contributed by atoms with Gasteiger partial charge in [0.1, 0.15) is 11.7 Å². The molecule has 2 heterocycles. The predicted octanol–water partition coefficient (Wildman–Crippen LogP) is 2.28. The van der Waals surface area contributed by atoms with E-state index in [4.69, 9.17) is 0 Å². The molecule has 0 bridgehead atoms. The second kappa shape index (κ2) is 7.80. The number of aryl methyl sites for hydroxylation is 2. The van der Waals surface area contributed by atoms with Crippen LogP contribution in [0.2, 0.25) is 0 Å². The number of aromatic nitrogens is 4.